The van der Waals surface area contributed by atoms with Gasteiger partial charge in [0.2, 0.25) is 0 Å². The molecule has 1 fully saturated rings. The van der Waals surface area contributed by atoms with Gasteiger partial charge in [-0.15, -0.1) is 0 Å². The number of alkyl halides is 3. The normalized spacial score (nSPS) is 27.8. The molecule has 0 radical (unpaired) electrons. The predicted molar refractivity (Wildman–Crippen MR) is 58.3 cm³/mol. The highest BCUT2D eigenvalue weighted by molar-refractivity contribution is 4.86. The number of halogens is 3. The molecule has 1 saturated heterocycles. The maximum absolute atomic E-state index is 12.5. The minimum atomic E-state index is -4.11. The monoisotopic (exact) mass is 238 g/mol. The summed E-state index contributed by atoms with van der Waals surface area (Å²) in [6, 6.07) is -0.0793. The van der Waals surface area contributed by atoms with Gasteiger partial charge in [-0.3, -0.25) is 4.90 Å². The summed E-state index contributed by atoms with van der Waals surface area (Å²) in [5.41, 5.74) is 0. The van der Waals surface area contributed by atoms with Crippen LogP contribution in [0, 0.1) is 5.92 Å². The molecule has 96 valence electrons. The lowest BCUT2D eigenvalue weighted by molar-refractivity contribution is -0.158. The van der Waals surface area contributed by atoms with E-state index in [4.69, 9.17) is 0 Å². The number of hydrogen-bond donors (Lipinski definition) is 1. The molecular formula is C11H21F3N2. The molecule has 0 aromatic rings. The second-order valence-electron chi connectivity index (χ2n) is 4.92. The lowest BCUT2D eigenvalue weighted by atomic mass is 9.92. The summed E-state index contributed by atoms with van der Waals surface area (Å²) in [5.74, 6) is 0.325. The van der Waals surface area contributed by atoms with E-state index < -0.39 is 12.7 Å². The molecule has 1 rings (SSSR count). The first kappa shape index (κ1) is 13.8. The molecule has 5 heteroatoms. The van der Waals surface area contributed by atoms with Crippen molar-refractivity contribution in [2.75, 3.05) is 19.6 Å². The van der Waals surface area contributed by atoms with Gasteiger partial charge in [0.25, 0.3) is 0 Å². The van der Waals surface area contributed by atoms with Gasteiger partial charge in [-0.05, 0) is 32.7 Å². The highest BCUT2D eigenvalue weighted by Gasteiger charge is 2.37. The van der Waals surface area contributed by atoms with Crippen molar-refractivity contribution in [1.29, 1.82) is 0 Å². The average molecular weight is 238 g/mol. The minimum Gasteiger partial charge on any atom is -0.315 e. The van der Waals surface area contributed by atoms with Crippen LogP contribution in [0.4, 0.5) is 13.2 Å². The number of nitrogens with zero attached hydrogens (tertiary/aromatic N) is 1. The fourth-order valence-electron chi connectivity index (χ4n) is 2.31. The Hall–Kier alpha value is -0.290. The van der Waals surface area contributed by atoms with Gasteiger partial charge in [-0.1, -0.05) is 6.92 Å². The maximum atomic E-state index is 12.5. The van der Waals surface area contributed by atoms with Gasteiger partial charge >= 0.3 is 6.18 Å². The van der Waals surface area contributed by atoms with Crippen molar-refractivity contribution < 1.29 is 13.2 Å². The van der Waals surface area contributed by atoms with E-state index in [9.17, 15) is 13.2 Å². The first-order valence-corrected chi connectivity index (χ1v) is 5.84. The van der Waals surface area contributed by atoms with Crippen molar-refractivity contribution >= 4 is 0 Å². The predicted octanol–water partition coefficient (Wildman–Crippen LogP) is 2.26. The fraction of sp³-hybridized carbons (Fsp3) is 1.00. The van der Waals surface area contributed by atoms with E-state index in [-0.39, 0.29) is 12.1 Å². The fourth-order valence-corrected chi connectivity index (χ4v) is 2.31. The lowest BCUT2D eigenvalue weighted by Gasteiger charge is -2.41. The molecule has 2 nitrogen and oxygen atoms in total. The third-order valence-corrected chi connectivity index (χ3v) is 3.24. The van der Waals surface area contributed by atoms with Crippen LogP contribution in [0.25, 0.3) is 0 Å². The zero-order chi connectivity index (χ0) is 12.3. The summed E-state index contributed by atoms with van der Waals surface area (Å²) < 4.78 is 37.5. The van der Waals surface area contributed by atoms with E-state index in [1.54, 1.807) is 4.90 Å². The maximum Gasteiger partial charge on any atom is 0.401 e. The molecule has 0 bridgehead atoms. The molecule has 0 amide bonds. The van der Waals surface area contributed by atoms with Crippen LogP contribution in [0.15, 0.2) is 0 Å². The number of nitrogens with one attached hydrogen (secondary N) is 1. The number of rotatable bonds is 3. The summed E-state index contributed by atoms with van der Waals surface area (Å²) in [6.45, 7) is 6.46. The SMILES string of the molecule is CC1CCNCC1N(CC(F)(F)F)C(C)C. The Morgan fingerprint density at radius 2 is 2.00 bits per heavy atom. The van der Waals surface area contributed by atoms with Gasteiger partial charge in [-0.25, -0.2) is 0 Å². The molecule has 1 aliphatic heterocycles. The Balaban J connectivity index is 2.68. The zero-order valence-corrected chi connectivity index (χ0v) is 10.1. The van der Waals surface area contributed by atoms with Crippen molar-refractivity contribution in [3.63, 3.8) is 0 Å². The second-order valence-corrected chi connectivity index (χ2v) is 4.92. The summed E-state index contributed by atoms with van der Waals surface area (Å²) in [4.78, 5) is 1.57. The van der Waals surface area contributed by atoms with Crippen LogP contribution in [0.1, 0.15) is 27.2 Å². The molecular weight excluding hydrogens is 217 g/mol. The van der Waals surface area contributed by atoms with Gasteiger partial charge < -0.3 is 5.32 Å². The lowest BCUT2D eigenvalue weighted by Crippen LogP contribution is -2.55. The molecule has 1 aliphatic rings. The van der Waals surface area contributed by atoms with E-state index in [0.29, 0.717) is 12.5 Å². The highest BCUT2D eigenvalue weighted by Crippen LogP contribution is 2.25. The molecule has 16 heavy (non-hydrogen) atoms. The Labute approximate surface area is 95.2 Å². The van der Waals surface area contributed by atoms with Crippen LogP contribution in [0.3, 0.4) is 0 Å². The molecule has 2 atom stereocenters. The van der Waals surface area contributed by atoms with Crippen molar-refractivity contribution in [3.8, 4) is 0 Å². The molecule has 1 N–H and O–H groups in total. The van der Waals surface area contributed by atoms with E-state index >= 15 is 0 Å². The zero-order valence-electron chi connectivity index (χ0n) is 10.1. The van der Waals surface area contributed by atoms with Gasteiger partial charge in [0.05, 0.1) is 6.54 Å². The molecule has 0 aromatic heterocycles. The van der Waals surface area contributed by atoms with Gasteiger partial charge in [-0.2, -0.15) is 13.2 Å². The van der Waals surface area contributed by atoms with E-state index in [2.05, 4.69) is 5.32 Å². The van der Waals surface area contributed by atoms with Crippen LogP contribution in [-0.4, -0.2) is 42.8 Å². The van der Waals surface area contributed by atoms with Crippen LogP contribution in [0.5, 0.6) is 0 Å². The summed E-state index contributed by atoms with van der Waals surface area (Å²) >= 11 is 0. The van der Waals surface area contributed by atoms with Crippen LogP contribution in [0.2, 0.25) is 0 Å². The van der Waals surface area contributed by atoms with Crippen LogP contribution in [-0.2, 0) is 0 Å². The Morgan fingerprint density at radius 1 is 1.38 bits per heavy atom. The Morgan fingerprint density at radius 3 is 2.44 bits per heavy atom. The van der Waals surface area contributed by atoms with Crippen molar-refractivity contribution in [2.45, 2.75) is 45.5 Å². The van der Waals surface area contributed by atoms with Gasteiger partial charge in [0.15, 0.2) is 0 Å². The minimum absolute atomic E-state index is 0.00428. The van der Waals surface area contributed by atoms with Crippen molar-refractivity contribution in [3.05, 3.63) is 0 Å². The average Bonchev–Trinajstić information content (AvgIpc) is 2.13. The van der Waals surface area contributed by atoms with E-state index in [0.717, 1.165) is 13.0 Å². The van der Waals surface area contributed by atoms with Gasteiger partial charge in [0.1, 0.15) is 0 Å². The van der Waals surface area contributed by atoms with Gasteiger partial charge in [0, 0.05) is 18.6 Å². The van der Waals surface area contributed by atoms with Crippen molar-refractivity contribution in [1.82, 2.24) is 10.2 Å². The molecule has 0 saturated carbocycles. The molecule has 0 aromatic carbocycles. The molecule has 1 heterocycles. The topological polar surface area (TPSA) is 15.3 Å². The van der Waals surface area contributed by atoms with Crippen LogP contribution < -0.4 is 5.32 Å². The number of piperidine rings is 1. The largest absolute Gasteiger partial charge is 0.401 e. The van der Waals surface area contributed by atoms with E-state index in [1.165, 1.54) is 0 Å². The molecule has 2 unspecified atom stereocenters. The third kappa shape index (κ3) is 3.94. The van der Waals surface area contributed by atoms with E-state index in [1.807, 2.05) is 20.8 Å². The quantitative estimate of drug-likeness (QED) is 0.811. The second kappa shape index (κ2) is 5.36. The first-order valence-electron chi connectivity index (χ1n) is 5.84. The molecule has 0 aliphatic carbocycles. The number of hydrogen-bond acceptors (Lipinski definition) is 2. The Kier molecular flexibility index (Phi) is 4.62. The Bertz CT molecular complexity index is 216. The van der Waals surface area contributed by atoms with Crippen molar-refractivity contribution in [2.24, 2.45) is 5.92 Å². The standard InChI is InChI=1S/C11H21F3N2/c1-8(2)16(7-11(12,13)14)10-6-15-5-4-9(10)3/h8-10,15H,4-7H2,1-3H3. The molecule has 0 spiro atoms. The summed E-state index contributed by atoms with van der Waals surface area (Å²) in [5, 5.41) is 3.18. The summed E-state index contributed by atoms with van der Waals surface area (Å²) in [7, 11) is 0. The van der Waals surface area contributed by atoms with Crippen LogP contribution >= 0.6 is 0 Å². The third-order valence-electron chi connectivity index (χ3n) is 3.24. The smallest absolute Gasteiger partial charge is 0.315 e. The highest BCUT2D eigenvalue weighted by atomic mass is 19.4. The first-order chi connectivity index (χ1) is 7.31. The summed E-state index contributed by atoms with van der Waals surface area (Å²) in [6.07, 6.45) is -3.16.